The van der Waals surface area contributed by atoms with Crippen LogP contribution < -0.4 is 5.73 Å². The van der Waals surface area contributed by atoms with Crippen molar-refractivity contribution >= 4 is 11.6 Å². The van der Waals surface area contributed by atoms with Crippen LogP contribution in [0.15, 0.2) is 24.3 Å². The van der Waals surface area contributed by atoms with E-state index in [2.05, 4.69) is 0 Å². The minimum atomic E-state index is -0.473. The van der Waals surface area contributed by atoms with E-state index in [1.807, 2.05) is 31.2 Å². The first-order valence-corrected chi connectivity index (χ1v) is 4.48. The predicted octanol–water partition coefficient (Wildman–Crippen LogP) is 2.16. The van der Waals surface area contributed by atoms with Crippen molar-refractivity contribution in [1.82, 2.24) is 0 Å². The van der Waals surface area contributed by atoms with Crippen LogP contribution in [0.4, 0.5) is 0 Å². The van der Waals surface area contributed by atoms with Gasteiger partial charge < -0.3 is 10.5 Å². The Hall–Kier alpha value is -0.570. The van der Waals surface area contributed by atoms with Gasteiger partial charge >= 0.3 is 0 Å². The van der Waals surface area contributed by atoms with E-state index in [0.29, 0.717) is 11.6 Å². The van der Waals surface area contributed by atoms with Crippen LogP contribution in [0.3, 0.4) is 0 Å². The Morgan fingerprint density at radius 2 is 2.23 bits per heavy atom. The average molecular weight is 200 g/mol. The molecule has 0 amide bonds. The number of hydrogen-bond acceptors (Lipinski definition) is 2. The van der Waals surface area contributed by atoms with Gasteiger partial charge in [-0.2, -0.15) is 0 Å². The molecule has 0 saturated heterocycles. The molecule has 1 rings (SSSR count). The van der Waals surface area contributed by atoms with E-state index in [0.717, 1.165) is 5.56 Å². The molecule has 13 heavy (non-hydrogen) atoms. The van der Waals surface area contributed by atoms with Gasteiger partial charge in [0.25, 0.3) is 0 Å². The van der Waals surface area contributed by atoms with Crippen molar-refractivity contribution in [2.24, 2.45) is 5.73 Å². The van der Waals surface area contributed by atoms with Crippen LogP contribution in [0.2, 0.25) is 5.02 Å². The van der Waals surface area contributed by atoms with Crippen molar-refractivity contribution in [1.29, 1.82) is 0 Å². The van der Waals surface area contributed by atoms with Gasteiger partial charge in [0.05, 0.1) is 12.1 Å². The summed E-state index contributed by atoms with van der Waals surface area (Å²) in [6.45, 7) is 2.40. The van der Waals surface area contributed by atoms with Crippen molar-refractivity contribution in [3.05, 3.63) is 34.9 Å². The Labute approximate surface area is 83.6 Å². The number of benzene rings is 1. The number of methoxy groups -OCH3 is 1. The molecular formula is C10H14ClNO. The summed E-state index contributed by atoms with van der Waals surface area (Å²) >= 11 is 5.85. The monoisotopic (exact) mass is 199 g/mol. The van der Waals surface area contributed by atoms with Gasteiger partial charge in [0.15, 0.2) is 0 Å². The molecule has 0 aliphatic carbocycles. The SMILES string of the molecule is COCC(C)(N)c1cccc(Cl)c1. The summed E-state index contributed by atoms with van der Waals surface area (Å²) in [6, 6.07) is 7.53. The normalized spacial score (nSPS) is 15.4. The molecule has 0 fully saturated rings. The third-order valence-corrected chi connectivity index (χ3v) is 2.16. The summed E-state index contributed by atoms with van der Waals surface area (Å²) < 4.78 is 5.03. The Balaban J connectivity index is 2.93. The highest BCUT2D eigenvalue weighted by atomic mass is 35.5. The molecule has 0 heterocycles. The van der Waals surface area contributed by atoms with Gasteiger partial charge in [0.1, 0.15) is 0 Å². The number of hydrogen-bond donors (Lipinski definition) is 1. The lowest BCUT2D eigenvalue weighted by Gasteiger charge is -2.24. The van der Waals surface area contributed by atoms with Gasteiger partial charge in [-0.25, -0.2) is 0 Å². The van der Waals surface area contributed by atoms with Gasteiger partial charge in [-0.1, -0.05) is 23.7 Å². The van der Waals surface area contributed by atoms with E-state index in [4.69, 9.17) is 22.1 Å². The molecule has 0 aliphatic rings. The molecule has 1 aromatic carbocycles. The zero-order chi connectivity index (χ0) is 9.90. The minimum Gasteiger partial charge on any atom is -0.382 e. The number of rotatable bonds is 3. The standard InChI is InChI=1S/C10H14ClNO/c1-10(12,7-13-2)8-4-3-5-9(11)6-8/h3-6H,7,12H2,1-2H3. The van der Waals surface area contributed by atoms with Gasteiger partial charge in [0.2, 0.25) is 0 Å². The molecule has 3 heteroatoms. The summed E-state index contributed by atoms with van der Waals surface area (Å²) in [6.07, 6.45) is 0. The van der Waals surface area contributed by atoms with Crippen LogP contribution in [-0.2, 0) is 10.3 Å². The third kappa shape index (κ3) is 2.69. The molecule has 0 bridgehead atoms. The minimum absolute atomic E-state index is 0.473. The molecule has 72 valence electrons. The van der Waals surface area contributed by atoms with Crippen LogP contribution in [0.25, 0.3) is 0 Å². The van der Waals surface area contributed by atoms with Gasteiger partial charge in [-0.05, 0) is 24.6 Å². The maximum atomic E-state index is 6.03. The molecule has 0 aromatic heterocycles. The largest absolute Gasteiger partial charge is 0.382 e. The predicted molar refractivity (Wildman–Crippen MR) is 54.9 cm³/mol. The Morgan fingerprint density at radius 1 is 1.54 bits per heavy atom. The highest BCUT2D eigenvalue weighted by molar-refractivity contribution is 6.30. The van der Waals surface area contributed by atoms with E-state index >= 15 is 0 Å². The number of nitrogens with two attached hydrogens (primary N) is 1. The molecule has 0 saturated carbocycles. The third-order valence-electron chi connectivity index (χ3n) is 1.93. The van der Waals surface area contributed by atoms with E-state index in [1.165, 1.54) is 0 Å². The van der Waals surface area contributed by atoms with Crippen molar-refractivity contribution in [2.75, 3.05) is 13.7 Å². The second kappa shape index (κ2) is 4.09. The fourth-order valence-corrected chi connectivity index (χ4v) is 1.42. The van der Waals surface area contributed by atoms with E-state index < -0.39 is 5.54 Å². The first-order valence-electron chi connectivity index (χ1n) is 4.10. The summed E-state index contributed by atoms with van der Waals surface area (Å²) in [4.78, 5) is 0. The van der Waals surface area contributed by atoms with E-state index in [1.54, 1.807) is 7.11 Å². The fourth-order valence-electron chi connectivity index (χ4n) is 1.23. The first kappa shape index (κ1) is 10.5. The summed E-state index contributed by atoms with van der Waals surface area (Å²) in [5, 5.41) is 0.699. The van der Waals surface area contributed by atoms with Crippen molar-refractivity contribution in [3.8, 4) is 0 Å². The number of halogens is 1. The molecule has 2 nitrogen and oxygen atoms in total. The van der Waals surface area contributed by atoms with Gasteiger partial charge in [-0.15, -0.1) is 0 Å². The molecular weight excluding hydrogens is 186 g/mol. The van der Waals surface area contributed by atoms with Crippen molar-refractivity contribution in [2.45, 2.75) is 12.5 Å². The average Bonchev–Trinajstić information content (AvgIpc) is 2.04. The van der Waals surface area contributed by atoms with Crippen molar-refractivity contribution < 1.29 is 4.74 Å². The summed E-state index contributed by atoms with van der Waals surface area (Å²) in [5.41, 5.74) is 6.55. The van der Waals surface area contributed by atoms with Crippen LogP contribution in [0.5, 0.6) is 0 Å². The highest BCUT2D eigenvalue weighted by Gasteiger charge is 2.20. The number of ether oxygens (including phenoxy) is 1. The molecule has 1 atom stereocenters. The second-order valence-electron chi connectivity index (χ2n) is 3.36. The molecule has 1 unspecified atom stereocenters. The molecule has 0 aliphatic heterocycles. The summed E-state index contributed by atoms with van der Waals surface area (Å²) in [7, 11) is 1.63. The van der Waals surface area contributed by atoms with E-state index in [-0.39, 0.29) is 0 Å². The molecule has 0 spiro atoms. The Morgan fingerprint density at radius 3 is 2.77 bits per heavy atom. The Kier molecular flexibility index (Phi) is 3.31. The lowest BCUT2D eigenvalue weighted by atomic mass is 9.94. The smallest absolute Gasteiger partial charge is 0.0681 e. The Bertz CT molecular complexity index is 286. The van der Waals surface area contributed by atoms with Crippen LogP contribution in [-0.4, -0.2) is 13.7 Å². The van der Waals surface area contributed by atoms with Crippen LogP contribution in [0.1, 0.15) is 12.5 Å². The lowest BCUT2D eigenvalue weighted by molar-refractivity contribution is 0.141. The highest BCUT2D eigenvalue weighted by Crippen LogP contribution is 2.21. The maximum Gasteiger partial charge on any atom is 0.0681 e. The quantitative estimate of drug-likeness (QED) is 0.810. The van der Waals surface area contributed by atoms with Gasteiger partial charge in [-0.3, -0.25) is 0 Å². The van der Waals surface area contributed by atoms with Gasteiger partial charge in [0, 0.05) is 12.1 Å². The zero-order valence-electron chi connectivity index (χ0n) is 7.88. The molecule has 0 radical (unpaired) electrons. The van der Waals surface area contributed by atoms with E-state index in [9.17, 15) is 0 Å². The lowest BCUT2D eigenvalue weighted by Crippen LogP contribution is -2.37. The van der Waals surface area contributed by atoms with Crippen LogP contribution >= 0.6 is 11.6 Å². The molecule has 2 N–H and O–H groups in total. The fraction of sp³-hybridized carbons (Fsp3) is 0.400. The zero-order valence-corrected chi connectivity index (χ0v) is 8.64. The molecule has 1 aromatic rings. The topological polar surface area (TPSA) is 35.2 Å². The van der Waals surface area contributed by atoms with Crippen LogP contribution in [0, 0.1) is 0 Å². The summed E-state index contributed by atoms with van der Waals surface area (Å²) in [5.74, 6) is 0. The second-order valence-corrected chi connectivity index (χ2v) is 3.80. The first-order chi connectivity index (χ1) is 6.06. The maximum absolute atomic E-state index is 6.03. The van der Waals surface area contributed by atoms with Crippen molar-refractivity contribution in [3.63, 3.8) is 0 Å².